The molecule has 0 bridgehead atoms. The number of nitrogens with one attached hydrogen (secondary N) is 2. The molecule has 2 aliphatic heterocycles. The molecule has 2 fully saturated rings. The van der Waals surface area contributed by atoms with Gasteiger partial charge in [-0.1, -0.05) is 23.7 Å². The van der Waals surface area contributed by atoms with E-state index in [9.17, 15) is 14.4 Å². The predicted octanol–water partition coefficient (Wildman–Crippen LogP) is 1.92. The zero-order valence-electron chi connectivity index (χ0n) is 14.1. The van der Waals surface area contributed by atoms with Crippen LogP contribution in [0.1, 0.15) is 28.9 Å². The van der Waals surface area contributed by atoms with E-state index in [2.05, 4.69) is 15.5 Å². The SMILES string of the molecule is Cc1c(-c2ccc(Cl)cc2)n[nH]c1C(=O)N1CC[C@@]2(CC(=O)NC2=O)C1. The van der Waals surface area contributed by atoms with Crippen molar-refractivity contribution >= 4 is 29.3 Å². The van der Waals surface area contributed by atoms with Gasteiger partial charge in [0.2, 0.25) is 11.8 Å². The van der Waals surface area contributed by atoms with Gasteiger partial charge in [-0.2, -0.15) is 5.10 Å². The van der Waals surface area contributed by atoms with Crippen LogP contribution in [0.15, 0.2) is 24.3 Å². The van der Waals surface area contributed by atoms with Gasteiger partial charge in [0.15, 0.2) is 0 Å². The summed E-state index contributed by atoms with van der Waals surface area (Å²) in [4.78, 5) is 38.2. The molecule has 7 nitrogen and oxygen atoms in total. The highest BCUT2D eigenvalue weighted by Crippen LogP contribution is 2.38. The van der Waals surface area contributed by atoms with Crippen LogP contribution in [0.25, 0.3) is 11.3 Å². The van der Waals surface area contributed by atoms with Crippen LogP contribution in [0.4, 0.5) is 0 Å². The average Bonchev–Trinajstić information content (AvgIpc) is 3.27. The van der Waals surface area contributed by atoms with Crippen molar-refractivity contribution < 1.29 is 14.4 Å². The van der Waals surface area contributed by atoms with Gasteiger partial charge in [-0.05, 0) is 25.5 Å². The maximum atomic E-state index is 12.9. The van der Waals surface area contributed by atoms with Gasteiger partial charge in [0.1, 0.15) is 5.69 Å². The van der Waals surface area contributed by atoms with E-state index in [4.69, 9.17) is 11.6 Å². The fraction of sp³-hybridized carbons (Fsp3) is 0.333. The highest BCUT2D eigenvalue weighted by Gasteiger charge is 2.52. The minimum Gasteiger partial charge on any atom is -0.336 e. The summed E-state index contributed by atoms with van der Waals surface area (Å²) >= 11 is 5.92. The number of hydrogen-bond acceptors (Lipinski definition) is 4. The number of H-pyrrole nitrogens is 1. The van der Waals surface area contributed by atoms with Crippen LogP contribution in [-0.4, -0.2) is 45.9 Å². The van der Waals surface area contributed by atoms with E-state index in [1.807, 2.05) is 19.1 Å². The summed E-state index contributed by atoms with van der Waals surface area (Å²) in [7, 11) is 0. The van der Waals surface area contributed by atoms with E-state index in [1.165, 1.54) is 0 Å². The molecule has 2 aliphatic rings. The van der Waals surface area contributed by atoms with Gasteiger partial charge in [0, 0.05) is 35.7 Å². The Morgan fingerprint density at radius 1 is 1.27 bits per heavy atom. The molecule has 8 heteroatoms. The molecule has 0 aliphatic carbocycles. The van der Waals surface area contributed by atoms with E-state index in [-0.39, 0.29) is 30.7 Å². The maximum absolute atomic E-state index is 12.9. The lowest BCUT2D eigenvalue weighted by atomic mass is 9.85. The molecule has 1 aromatic heterocycles. The van der Waals surface area contributed by atoms with Crippen molar-refractivity contribution in [1.82, 2.24) is 20.4 Å². The first-order valence-corrected chi connectivity index (χ1v) is 8.72. The molecule has 2 saturated heterocycles. The molecule has 3 heterocycles. The molecular formula is C18H17ClN4O3. The summed E-state index contributed by atoms with van der Waals surface area (Å²) in [5.41, 5.74) is 1.91. The van der Waals surface area contributed by atoms with Crippen LogP contribution < -0.4 is 5.32 Å². The van der Waals surface area contributed by atoms with Gasteiger partial charge in [-0.3, -0.25) is 24.8 Å². The Morgan fingerprint density at radius 2 is 2.00 bits per heavy atom. The first-order valence-electron chi connectivity index (χ1n) is 8.34. The molecule has 1 aromatic carbocycles. The topological polar surface area (TPSA) is 95.2 Å². The lowest BCUT2D eigenvalue weighted by Gasteiger charge is -2.20. The number of imide groups is 1. The van der Waals surface area contributed by atoms with Crippen LogP contribution in [0.2, 0.25) is 5.02 Å². The number of carbonyl (C=O) groups is 3. The zero-order chi connectivity index (χ0) is 18.5. The predicted molar refractivity (Wildman–Crippen MR) is 94.5 cm³/mol. The van der Waals surface area contributed by atoms with Crippen LogP contribution in [0.3, 0.4) is 0 Å². The average molecular weight is 373 g/mol. The third-order valence-corrected chi connectivity index (χ3v) is 5.47. The number of rotatable bonds is 2. The van der Waals surface area contributed by atoms with Gasteiger partial charge in [-0.25, -0.2) is 0 Å². The molecular weight excluding hydrogens is 356 g/mol. The van der Waals surface area contributed by atoms with Crippen molar-refractivity contribution in [3.8, 4) is 11.3 Å². The Kier molecular flexibility index (Phi) is 3.84. The molecule has 3 amide bonds. The lowest BCUT2D eigenvalue weighted by molar-refractivity contribution is -0.128. The number of aromatic nitrogens is 2. The van der Waals surface area contributed by atoms with Crippen LogP contribution in [0.5, 0.6) is 0 Å². The Bertz CT molecular complexity index is 921. The highest BCUT2D eigenvalue weighted by molar-refractivity contribution is 6.30. The van der Waals surface area contributed by atoms with Crippen molar-refractivity contribution in [3.63, 3.8) is 0 Å². The first-order chi connectivity index (χ1) is 12.4. The number of aromatic amines is 1. The van der Waals surface area contributed by atoms with E-state index < -0.39 is 5.41 Å². The fourth-order valence-corrected chi connectivity index (χ4v) is 3.85. The normalized spacial score (nSPS) is 22.3. The first kappa shape index (κ1) is 16.8. The summed E-state index contributed by atoms with van der Waals surface area (Å²) in [5, 5.41) is 10.1. The number of carbonyl (C=O) groups excluding carboxylic acids is 3. The molecule has 0 radical (unpaired) electrons. The molecule has 4 rings (SSSR count). The van der Waals surface area contributed by atoms with Crippen LogP contribution in [0, 0.1) is 12.3 Å². The smallest absolute Gasteiger partial charge is 0.272 e. The Balaban J connectivity index is 1.57. The largest absolute Gasteiger partial charge is 0.336 e. The molecule has 2 N–H and O–H groups in total. The quantitative estimate of drug-likeness (QED) is 0.787. The summed E-state index contributed by atoms with van der Waals surface area (Å²) in [5.74, 6) is -0.757. The van der Waals surface area contributed by atoms with Crippen molar-refractivity contribution in [2.75, 3.05) is 13.1 Å². The van der Waals surface area contributed by atoms with Crippen molar-refractivity contribution in [2.45, 2.75) is 19.8 Å². The molecule has 1 atom stereocenters. The third-order valence-electron chi connectivity index (χ3n) is 5.22. The Labute approximate surface area is 154 Å². The molecule has 134 valence electrons. The van der Waals surface area contributed by atoms with Crippen molar-refractivity contribution in [3.05, 3.63) is 40.5 Å². The monoisotopic (exact) mass is 372 g/mol. The standard InChI is InChI=1S/C18H17ClN4O3/c1-10-14(11-2-4-12(19)5-3-11)21-22-15(10)16(25)23-7-6-18(9-23)8-13(24)20-17(18)26/h2-5H,6-9H2,1H3,(H,21,22)(H,20,24,26)/t18-/m1/s1. The Hall–Kier alpha value is -2.67. The van der Waals surface area contributed by atoms with E-state index in [0.29, 0.717) is 29.4 Å². The Morgan fingerprint density at radius 3 is 2.65 bits per heavy atom. The zero-order valence-corrected chi connectivity index (χ0v) is 14.9. The second kappa shape index (κ2) is 5.95. The maximum Gasteiger partial charge on any atom is 0.272 e. The summed E-state index contributed by atoms with van der Waals surface area (Å²) in [6, 6.07) is 7.23. The fourth-order valence-electron chi connectivity index (χ4n) is 3.72. The molecule has 0 saturated carbocycles. The van der Waals surface area contributed by atoms with Crippen LogP contribution >= 0.6 is 11.6 Å². The molecule has 2 aromatic rings. The van der Waals surface area contributed by atoms with Crippen molar-refractivity contribution in [1.29, 1.82) is 0 Å². The van der Waals surface area contributed by atoms with Gasteiger partial charge in [0.05, 0.1) is 11.1 Å². The number of benzene rings is 1. The second-order valence-corrected chi connectivity index (χ2v) is 7.33. The van der Waals surface area contributed by atoms with Gasteiger partial charge < -0.3 is 4.90 Å². The number of hydrogen-bond donors (Lipinski definition) is 2. The number of amides is 3. The van der Waals surface area contributed by atoms with Gasteiger partial charge >= 0.3 is 0 Å². The summed E-state index contributed by atoms with van der Waals surface area (Å²) in [6.07, 6.45) is 0.640. The lowest BCUT2D eigenvalue weighted by Crippen LogP contribution is -2.37. The number of nitrogens with zero attached hydrogens (tertiary/aromatic N) is 2. The number of likely N-dealkylation sites (tertiary alicyclic amines) is 1. The summed E-state index contributed by atoms with van der Waals surface area (Å²) in [6.45, 7) is 2.52. The third kappa shape index (κ3) is 2.59. The summed E-state index contributed by atoms with van der Waals surface area (Å²) < 4.78 is 0. The molecule has 26 heavy (non-hydrogen) atoms. The van der Waals surface area contributed by atoms with Gasteiger partial charge in [-0.15, -0.1) is 0 Å². The molecule has 0 unspecified atom stereocenters. The minimum absolute atomic E-state index is 0.146. The van der Waals surface area contributed by atoms with Gasteiger partial charge in [0.25, 0.3) is 5.91 Å². The van der Waals surface area contributed by atoms with Crippen LogP contribution in [-0.2, 0) is 9.59 Å². The number of halogens is 1. The minimum atomic E-state index is -0.778. The van der Waals surface area contributed by atoms with Crippen molar-refractivity contribution in [2.24, 2.45) is 5.41 Å². The van der Waals surface area contributed by atoms with E-state index >= 15 is 0 Å². The van der Waals surface area contributed by atoms with E-state index in [1.54, 1.807) is 17.0 Å². The van der Waals surface area contributed by atoms with E-state index in [0.717, 1.165) is 11.1 Å². The second-order valence-electron chi connectivity index (χ2n) is 6.89. The highest BCUT2D eigenvalue weighted by atomic mass is 35.5. The molecule has 1 spiro atoms.